The highest BCUT2D eigenvalue weighted by Crippen LogP contribution is 2.19. The SMILES string of the molecule is CCCC(C(=O)OCC)N(CC1CCCNC1)C(C)C. The van der Waals surface area contributed by atoms with E-state index >= 15 is 0 Å². The molecule has 0 bridgehead atoms. The molecular formula is C16H32N2O2. The number of nitrogens with zero attached hydrogens (tertiary/aromatic N) is 1. The van der Waals surface area contributed by atoms with Crippen molar-refractivity contribution in [3.63, 3.8) is 0 Å². The molecule has 1 saturated heterocycles. The van der Waals surface area contributed by atoms with Gasteiger partial charge in [0, 0.05) is 12.6 Å². The van der Waals surface area contributed by atoms with Crippen molar-refractivity contribution in [3.05, 3.63) is 0 Å². The molecule has 0 saturated carbocycles. The van der Waals surface area contributed by atoms with Gasteiger partial charge in [-0.2, -0.15) is 0 Å². The molecule has 0 amide bonds. The Kier molecular flexibility index (Phi) is 8.15. The minimum atomic E-state index is -0.0816. The number of ether oxygens (including phenoxy) is 1. The Morgan fingerprint density at radius 3 is 2.65 bits per heavy atom. The molecule has 2 atom stereocenters. The minimum Gasteiger partial charge on any atom is -0.465 e. The first-order chi connectivity index (χ1) is 9.60. The van der Waals surface area contributed by atoms with Crippen LogP contribution in [0.25, 0.3) is 0 Å². The van der Waals surface area contributed by atoms with Crippen LogP contribution in [-0.2, 0) is 9.53 Å². The Labute approximate surface area is 124 Å². The van der Waals surface area contributed by atoms with Gasteiger partial charge in [0.05, 0.1) is 6.61 Å². The van der Waals surface area contributed by atoms with Crippen molar-refractivity contribution in [1.29, 1.82) is 0 Å². The van der Waals surface area contributed by atoms with E-state index in [2.05, 4.69) is 31.0 Å². The Balaban J connectivity index is 2.70. The van der Waals surface area contributed by atoms with Crippen LogP contribution >= 0.6 is 0 Å². The zero-order chi connectivity index (χ0) is 15.0. The summed E-state index contributed by atoms with van der Waals surface area (Å²) in [4.78, 5) is 14.6. The second-order valence-corrected chi connectivity index (χ2v) is 6.06. The molecule has 20 heavy (non-hydrogen) atoms. The molecular weight excluding hydrogens is 252 g/mol. The summed E-state index contributed by atoms with van der Waals surface area (Å²) in [5.41, 5.74) is 0. The van der Waals surface area contributed by atoms with Gasteiger partial charge in [-0.3, -0.25) is 9.69 Å². The first-order valence-electron chi connectivity index (χ1n) is 8.23. The van der Waals surface area contributed by atoms with Crippen LogP contribution in [0.15, 0.2) is 0 Å². The quantitative estimate of drug-likeness (QED) is 0.695. The Morgan fingerprint density at radius 1 is 1.40 bits per heavy atom. The fourth-order valence-corrected chi connectivity index (χ4v) is 3.01. The predicted molar refractivity (Wildman–Crippen MR) is 82.8 cm³/mol. The molecule has 1 aliphatic rings. The topological polar surface area (TPSA) is 41.6 Å². The van der Waals surface area contributed by atoms with Crippen LogP contribution in [0.2, 0.25) is 0 Å². The van der Waals surface area contributed by atoms with Gasteiger partial charge in [0.15, 0.2) is 0 Å². The highest BCUT2D eigenvalue weighted by Gasteiger charge is 2.30. The number of nitrogens with one attached hydrogen (secondary N) is 1. The number of rotatable bonds is 8. The van der Waals surface area contributed by atoms with Crippen LogP contribution in [0.4, 0.5) is 0 Å². The van der Waals surface area contributed by atoms with Gasteiger partial charge >= 0.3 is 5.97 Å². The number of hydrogen-bond acceptors (Lipinski definition) is 4. The number of carbonyl (C=O) groups is 1. The molecule has 0 spiro atoms. The van der Waals surface area contributed by atoms with Crippen LogP contribution < -0.4 is 5.32 Å². The lowest BCUT2D eigenvalue weighted by molar-refractivity contribution is -0.151. The summed E-state index contributed by atoms with van der Waals surface area (Å²) in [5.74, 6) is 0.603. The van der Waals surface area contributed by atoms with Crippen molar-refractivity contribution in [2.24, 2.45) is 5.92 Å². The molecule has 4 nitrogen and oxygen atoms in total. The molecule has 118 valence electrons. The van der Waals surface area contributed by atoms with Crippen molar-refractivity contribution < 1.29 is 9.53 Å². The van der Waals surface area contributed by atoms with Gasteiger partial charge < -0.3 is 10.1 Å². The van der Waals surface area contributed by atoms with Crippen molar-refractivity contribution >= 4 is 5.97 Å². The van der Waals surface area contributed by atoms with E-state index in [9.17, 15) is 4.79 Å². The van der Waals surface area contributed by atoms with Gasteiger partial charge in [-0.25, -0.2) is 0 Å². The minimum absolute atomic E-state index is 0.0492. The zero-order valence-electron chi connectivity index (χ0n) is 13.7. The molecule has 2 unspecified atom stereocenters. The van der Waals surface area contributed by atoms with Gasteiger partial charge in [0.2, 0.25) is 0 Å². The molecule has 1 aliphatic heterocycles. The van der Waals surface area contributed by atoms with E-state index in [-0.39, 0.29) is 12.0 Å². The lowest BCUT2D eigenvalue weighted by atomic mass is 9.97. The van der Waals surface area contributed by atoms with Crippen LogP contribution in [0.1, 0.15) is 53.4 Å². The van der Waals surface area contributed by atoms with Gasteiger partial charge in [-0.05, 0) is 59.0 Å². The molecule has 1 N–H and O–H groups in total. The Bertz CT molecular complexity index is 276. The van der Waals surface area contributed by atoms with Crippen LogP contribution in [0, 0.1) is 5.92 Å². The van der Waals surface area contributed by atoms with E-state index in [4.69, 9.17) is 4.74 Å². The molecule has 0 aliphatic carbocycles. The zero-order valence-corrected chi connectivity index (χ0v) is 13.7. The number of esters is 1. The molecule has 0 aromatic carbocycles. The van der Waals surface area contributed by atoms with Crippen molar-refractivity contribution in [1.82, 2.24) is 10.2 Å². The smallest absolute Gasteiger partial charge is 0.323 e. The average molecular weight is 284 g/mol. The second kappa shape index (κ2) is 9.35. The van der Waals surface area contributed by atoms with Gasteiger partial charge in [-0.1, -0.05) is 13.3 Å². The fraction of sp³-hybridized carbons (Fsp3) is 0.938. The fourth-order valence-electron chi connectivity index (χ4n) is 3.01. The van der Waals surface area contributed by atoms with Crippen LogP contribution in [-0.4, -0.2) is 49.2 Å². The number of hydrogen-bond donors (Lipinski definition) is 1. The molecule has 0 radical (unpaired) electrons. The monoisotopic (exact) mass is 284 g/mol. The third-order valence-electron chi connectivity index (χ3n) is 4.05. The van der Waals surface area contributed by atoms with Crippen molar-refractivity contribution in [3.8, 4) is 0 Å². The highest BCUT2D eigenvalue weighted by molar-refractivity contribution is 5.75. The Hall–Kier alpha value is -0.610. The average Bonchev–Trinajstić information content (AvgIpc) is 2.43. The third kappa shape index (κ3) is 5.41. The van der Waals surface area contributed by atoms with E-state index in [1.165, 1.54) is 12.8 Å². The number of piperidine rings is 1. The highest BCUT2D eigenvalue weighted by atomic mass is 16.5. The van der Waals surface area contributed by atoms with Gasteiger partial charge in [-0.15, -0.1) is 0 Å². The summed E-state index contributed by atoms with van der Waals surface area (Å²) in [6, 6.07) is 0.291. The second-order valence-electron chi connectivity index (χ2n) is 6.06. The standard InChI is InChI=1S/C16H32N2O2/c1-5-8-15(16(19)20-6-2)18(13(3)4)12-14-9-7-10-17-11-14/h13-15,17H,5-12H2,1-4H3. The van der Waals surface area contributed by atoms with Gasteiger partial charge in [0.25, 0.3) is 0 Å². The molecule has 1 fully saturated rings. The molecule has 1 heterocycles. The summed E-state index contributed by atoms with van der Waals surface area (Å²) in [6.45, 7) is 12.0. The third-order valence-corrected chi connectivity index (χ3v) is 4.05. The van der Waals surface area contributed by atoms with Crippen LogP contribution in [0.3, 0.4) is 0 Å². The van der Waals surface area contributed by atoms with E-state index in [0.717, 1.165) is 32.5 Å². The first kappa shape index (κ1) is 17.4. The summed E-state index contributed by atoms with van der Waals surface area (Å²) < 4.78 is 5.28. The summed E-state index contributed by atoms with van der Waals surface area (Å²) >= 11 is 0. The normalized spacial score (nSPS) is 21.2. The van der Waals surface area contributed by atoms with E-state index < -0.39 is 0 Å². The van der Waals surface area contributed by atoms with E-state index in [1.807, 2.05) is 6.92 Å². The maximum absolute atomic E-state index is 12.2. The molecule has 0 aromatic rings. The molecule has 0 aromatic heterocycles. The number of carbonyl (C=O) groups excluding carboxylic acids is 1. The summed E-state index contributed by atoms with van der Waals surface area (Å²) in [6.07, 6.45) is 4.40. The summed E-state index contributed by atoms with van der Waals surface area (Å²) in [7, 11) is 0. The first-order valence-corrected chi connectivity index (χ1v) is 8.23. The maximum Gasteiger partial charge on any atom is 0.323 e. The van der Waals surface area contributed by atoms with Crippen molar-refractivity contribution in [2.75, 3.05) is 26.2 Å². The van der Waals surface area contributed by atoms with Crippen molar-refractivity contribution in [2.45, 2.75) is 65.5 Å². The Morgan fingerprint density at radius 2 is 2.15 bits per heavy atom. The van der Waals surface area contributed by atoms with Crippen LogP contribution in [0.5, 0.6) is 0 Å². The van der Waals surface area contributed by atoms with E-state index in [0.29, 0.717) is 18.6 Å². The van der Waals surface area contributed by atoms with Gasteiger partial charge in [0.1, 0.15) is 6.04 Å². The maximum atomic E-state index is 12.2. The predicted octanol–water partition coefficient (Wildman–Crippen LogP) is 2.43. The van der Waals surface area contributed by atoms with E-state index in [1.54, 1.807) is 0 Å². The lowest BCUT2D eigenvalue weighted by Gasteiger charge is -2.37. The summed E-state index contributed by atoms with van der Waals surface area (Å²) in [5, 5.41) is 3.46. The molecule has 1 rings (SSSR count). The molecule has 4 heteroatoms. The largest absolute Gasteiger partial charge is 0.465 e. The lowest BCUT2D eigenvalue weighted by Crippen LogP contribution is -2.50.